The van der Waals surface area contributed by atoms with Gasteiger partial charge in [-0.25, -0.2) is 9.78 Å². The maximum atomic E-state index is 12.1. The van der Waals surface area contributed by atoms with Gasteiger partial charge in [0.15, 0.2) is 0 Å². The molecular weight excluding hydrogens is 268 g/mol. The third-order valence-corrected chi connectivity index (χ3v) is 3.62. The van der Waals surface area contributed by atoms with E-state index in [2.05, 4.69) is 4.98 Å². The van der Waals surface area contributed by atoms with Crippen molar-refractivity contribution in [2.75, 3.05) is 0 Å². The summed E-state index contributed by atoms with van der Waals surface area (Å²) in [5.41, 5.74) is 7.51. The molecule has 106 valence electrons. The molecule has 1 aliphatic carbocycles. The first-order valence-corrected chi connectivity index (χ1v) is 6.66. The summed E-state index contributed by atoms with van der Waals surface area (Å²) < 4.78 is 5.45. The summed E-state index contributed by atoms with van der Waals surface area (Å²) in [7, 11) is 0. The van der Waals surface area contributed by atoms with E-state index in [4.69, 9.17) is 10.5 Å². The second-order valence-electron chi connectivity index (χ2n) is 4.94. The summed E-state index contributed by atoms with van der Waals surface area (Å²) in [5.74, 6) is -1.63. The lowest BCUT2D eigenvalue weighted by Gasteiger charge is -2.17. The fraction of sp³-hybridized carbons (Fsp3) is 0.188. The number of nitrogens with two attached hydrogens (primary N) is 1. The number of carbonyl (C=O) groups is 2. The smallest absolute Gasteiger partial charge is 0.357 e. The van der Waals surface area contributed by atoms with Crippen LogP contribution in [0.4, 0.5) is 0 Å². The number of hydrogen-bond acceptors (Lipinski definition) is 4. The number of fused-ring (bicyclic) bond motifs is 1. The Morgan fingerprint density at radius 3 is 2.62 bits per heavy atom. The first-order chi connectivity index (χ1) is 10.2. The molecule has 21 heavy (non-hydrogen) atoms. The highest BCUT2D eigenvalue weighted by Gasteiger charge is 2.39. The van der Waals surface area contributed by atoms with E-state index in [0.29, 0.717) is 6.42 Å². The molecule has 1 aliphatic rings. The molecule has 2 N–H and O–H groups in total. The van der Waals surface area contributed by atoms with Crippen LogP contribution in [0.15, 0.2) is 48.7 Å². The van der Waals surface area contributed by atoms with Crippen LogP contribution < -0.4 is 5.73 Å². The van der Waals surface area contributed by atoms with E-state index in [0.717, 1.165) is 11.1 Å². The van der Waals surface area contributed by atoms with Gasteiger partial charge in [-0.15, -0.1) is 0 Å². The molecule has 0 saturated carbocycles. The first-order valence-electron chi connectivity index (χ1n) is 6.66. The van der Waals surface area contributed by atoms with E-state index in [1.165, 1.54) is 6.20 Å². The molecule has 0 fully saturated rings. The molecule has 1 aromatic carbocycles. The number of carbonyl (C=O) groups excluding carboxylic acids is 2. The third kappa shape index (κ3) is 2.50. The fourth-order valence-electron chi connectivity index (χ4n) is 2.69. The zero-order valence-electron chi connectivity index (χ0n) is 11.2. The van der Waals surface area contributed by atoms with Crippen molar-refractivity contribution in [1.29, 1.82) is 0 Å². The van der Waals surface area contributed by atoms with Crippen LogP contribution in [0.2, 0.25) is 0 Å². The predicted molar refractivity (Wildman–Crippen MR) is 75.5 cm³/mol. The molecule has 0 bridgehead atoms. The Labute approximate surface area is 121 Å². The van der Waals surface area contributed by atoms with Gasteiger partial charge >= 0.3 is 5.97 Å². The minimum absolute atomic E-state index is 0.219. The molecule has 5 heteroatoms. The number of aromatic nitrogens is 1. The summed E-state index contributed by atoms with van der Waals surface area (Å²) in [6, 6.07) is 12.5. The number of primary amides is 1. The van der Waals surface area contributed by atoms with Gasteiger partial charge in [0.2, 0.25) is 5.91 Å². The van der Waals surface area contributed by atoms with Crippen molar-refractivity contribution >= 4 is 11.9 Å². The number of pyridine rings is 1. The lowest BCUT2D eigenvalue weighted by molar-refractivity contribution is -0.121. The van der Waals surface area contributed by atoms with E-state index in [-0.39, 0.29) is 5.69 Å². The molecule has 1 heterocycles. The predicted octanol–water partition coefficient (Wildman–Crippen LogP) is 1.43. The number of esters is 1. The van der Waals surface area contributed by atoms with Gasteiger partial charge in [-0.05, 0) is 23.3 Å². The van der Waals surface area contributed by atoms with Gasteiger partial charge in [0.1, 0.15) is 17.7 Å². The summed E-state index contributed by atoms with van der Waals surface area (Å²) in [4.78, 5) is 27.7. The van der Waals surface area contributed by atoms with Crippen LogP contribution in [0, 0.1) is 0 Å². The molecule has 0 spiro atoms. The Kier molecular flexibility index (Phi) is 3.39. The number of rotatable bonds is 3. The summed E-state index contributed by atoms with van der Waals surface area (Å²) >= 11 is 0. The number of ether oxygens (including phenoxy) is 1. The van der Waals surface area contributed by atoms with E-state index in [1.54, 1.807) is 18.2 Å². The van der Waals surface area contributed by atoms with Crippen LogP contribution in [-0.4, -0.2) is 23.0 Å². The number of nitrogens with zero attached hydrogens (tertiary/aromatic N) is 1. The summed E-state index contributed by atoms with van der Waals surface area (Å²) in [5, 5.41) is 0. The highest BCUT2D eigenvalue weighted by molar-refractivity contribution is 5.89. The zero-order chi connectivity index (χ0) is 14.8. The van der Waals surface area contributed by atoms with Crippen LogP contribution in [0.3, 0.4) is 0 Å². The van der Waals surface area contributed by atoms with E-state index in [1.807, 2.05) is 24.3 Å². The standard InChI is InChI=1S/C16H14N2O3/c17-15(19)14-11-6-2-1-5-10(11)9-13(14)21-16(20)12-7-3-4-8-18-12/h1-8,13-14H,9H2,(H2,17,19). The van der Waals surface area contributed by atoms with Gasteiger partial charge in [0.25, 0.3) is 0 Å². The van der Waals surface area contributed by atoms with Crippen molar-refractivity contribution in [2.45, 2.75) is 18.4 Å². The third-order valence-electron chi connectivity index (χ3n) is 3.62. The highest BCUT2D eigenvalue weighted by atomic mass is 16.5. The van der Waals surface area contributed by atoms with Crippen molar-refractivity contribution in [3.63, 3.8) is 0 Å². The number of benzene rings is 1. The SMILES string of the molecule is NC(=O)C1c2ccccc2CC1OC(=O)c1ccccn1. The van der Waals surface area contributed by atoms with Crippen LogP contribution in [0.25, 0.3) is 0 Å². The molecule has 5 nitrogen and oxygen atoms in total. The van der Waals surface area contributed by atoms with Crippen molar-refractivity contribution in [3.05, 3.63) is 65.5 Å². The Morgan fingerprint density at radius 2 is 1.90 bits per heavy atom. The Hall–Kier alpha value is -2.69. The zero-order valence-corrected chi connectivity index (χ0v) is 11.2. The van der Waals surface area contributed by atoms with Gasteiger partial charge in [-0.3, -0.25) is 4.79 Å². The van der Waals surface area contributed by atoms with E-state index >= 15 is 0 Å². The molecule has 0 radical (unpaired) electrons. The highest BCUT2D eigenvalue weighted by Crippen LogP contribution is 2.35. The summed E-state index contributed by atoms with van der Waals surface area (Å²) in [6.45, 7) is 0. The second kappa shape index (κ2) is 5.36. The number of hydrogen-bond donors (Lipinski definition) is 1. The van der Waals surface area contributed by atoms with Crippen molar-refractivity contribution < 1.29 is 14.3 Å². The van der Waals surface area contributed by atoms with Gasteiger partial charge in [-0.2, -0.15) is 0 Å². The van der Waals surface area contributed by atoms with Crippen molar-refractivity contribution in [1.82, 2.24) is 4.98 Å². The molecule has 2 atom stereocenters. The average molecular weight is 282 g/mol. The minimum Gasteiger partial charge on any atom is -0.456 e. The van der Waals surface area contributed by atoms with Crippen LogP contribution in [0.1, 0.15) is 27.5 Å². The van der Waals surface area contributed by atoms with Gasteiger partial charge in [0.05, 0.1) is 0 Å². The normalized spacial score (nSPS) is 19.8. The molecule has 0 aliphatic heterocycles. The molecular formula is C16H14N2O3. The van der Waals surface area contributed by atoms with Crippen LogP contribution in [-0.2, 0) is 16.0 Å². The Bertz CT molecular complexity index is 685. The molecule has 2 aromatic rings. The summed E-state index contributed by atoms with van der Waals surface area (Å²) in [6.07, 6.45) is 1.43. The topological polar surface area (TPSA) is 82.3 Å². The Morgan fingerprint density at radius 1 is 1.14 bits per heavy atom. The van der Waals surface area contributed by atoms with E-state index < -0.39 is 23.9 Å². The van der Waals surface area contributed by atoms with Gasteiger partial charge in [-0.1, -0.05) is 30.3 Å². The molecule has 3 rings (SSSR count). The van der Waals surface area contributed by atoms with Crippen molar-refractivity contribution in [2.24, 2.45) is 5.73 Å². The molecule has 1 aromatic heterocycles. The van der Waals surface area contributed by atoms with Crippen LogP contribution >= 0.6 is 0 Å². The molecule has 0 saturated heterocycles. The maximum Gasteiger partial charge on any atom is 0.357 e. The number of amides is 1. The quantitative estimate of drug-likeness (QED) is 0.863. The van der Waals surface area contributed by atoms with E-state index in [9.17, 15) is 9.59 Å². The molecule has 1 amide bonds. The van der Waals surface area contributed by atoms with Crippen molar-refractivity contribution in [3.8, 4) is 0 Å². The Balaban J connectivity index is 1.83. The minimum atomic E-state index is -0.603. The molecule has 2 unspecified atom stereocenters. The van der Waals surface area contributed by atoms with Gasteiger partial charge in [0, 0.05) is 12.6 Å². The maximum absolute atomic E-state index is 12.1. The fourth-order valence-corrected chi connectivity index (χ4v) is 2.69. The lowest BCUT2D eigenvalue weighted by Crippen LogP contribution is -2.32. The van der Waals surface area contributed by atoms with Crippen LogP contribution in [0.5, 0.6) is 0 Å². The largest absolute Gasteiger partial charge is 0.456 e. The lowest BCUT2D eigenvalue weighted by atomic mass is 9.99. The van der Waals surface area contributed by atoms with Gasteiger partial charge < -0.3 is 10.5 Å². The second-order valence-corrected chi connectivity index (χ2v) is 4.94. The first kappa shape index (κ1) is 13.3. The average Bonchev–Trinajstić information content (AvgIpc) is 2.86. The monoisotopic (exact) mass is 282 g/mol.